The van der Waals surface area contributed by atoms with Crippen molar-refractivity contribution >= 4 is 21.6 Å². The minimum atomic E-state index is 0.235. The summed E-state index contributed by atoms with van der Waals surface area (Å²) in [5.74, 6) is 0. The van der Waals surface area contributed by atoms with Crippen LogP contribution in [-0.2, 0) is 5.41 Å². The Morgan fingerprint density at radius 3 is 2.67 bits per heavy atom. The highest BCUT2D eigenvalue weighted by Gasteiger charge is 2.16. The smallest absolute Gasteiger partial charge is 0.0565 e. The second-order valence-corrected chi connectivity index (χ2v) is 5.08. The van der Waals surface area contributed by atoms with Gasteiger partial charge in [0.2, 0.25) is 0 Å². The molecule has 0 unspecified atom stereocenters. The van der Waals surface area contributed by atoms with Crippen molar-refractivity contribution in [3.63, 3.8) is 0 Å². The van der Waals surface area contributed by atoms with Crippen molar-refractivity contribution in [3.8, 4) is 0 Å². The fourth-order valence-electron chi connectivity index (χ4n) is 1.25. The molecule has 1 nitrogen and oxygen atoms in total. The second kappa shape index (κ2) is 2.36. The molecule has 64 valence electrons. The Labute approximate surface area is 76.4 Å². The summed E-state index contributed by atoms with van der Waals surface area (Å²) in [7, 11) is 0. The third-order valence-electron chi connectivity index (χ3n) is 2.05. The summed E-state index contributed by atoms with van der Waals surface area (Å²) in [6.07, 6.45) is 0. The lowest BCUT2D eigenvalue weighted by atomic mass is 9.93. The lowest BCUT2D eigenvalue weighted by molar-refractivity contribution is 0.574. The minimum Gasteiger partial charge on any atom is -0.357 e. The molecule has 2 rings (SSSR count). The summed E-state index contributed by atoms with van der Waals surface area (Å²) in [5, 5.41) is 2.12. The van der Waals surface area contributed by atoms with Crippen molar-refractivity contribution < 1.29 is 0 Å². The van der Waals surface area contributed by atoms with Gasteiger partial charge in [-0.15, -0.1) is 11.3 Å². The van der Waals surface area contributed by atoms with Crippen molar-refractivity contribution in [2.45, 2.75) is 26.2 Å². The Balaban J connectivity index is 2.59. The summed E-state index contributed by atoms with van der Waals surface area (Å²) < 4.78 is 1.36. The van der Waals surface area contributed by atoms with Crippen LogP contribution in [0.3, 0.4) is 0 Å². The first-order chi connectivity index (χ1) is 5.57. The topological polar surface area (TPSA) is 15.8 Å². The maximum atomic E-state index is 3.43. The van der Waals surface area contributed by atoms with E-state index in [1.165, 1.54) is 15.9 Å². The van der Waals surface area contributed by atoms with Gasteiger partial charge in [-0.1, -0.05) is 20.8 Å². The molecule has 2 aromatic heterocycles. The fourth-order valence-corrected chi connectivity index (χ4v) is 2.03. The van der Waals surface area contributed by atoms with Crippen molar-refractivity contribution in [3.05, 3.63) is 23.2 Å². The van der Waals surface area contributed by atoms with Crippen LogP contribution < -0.4 is 0 Å². The van der Waals surface area contributed by atoms with E-state index >= 15 is 0 Å². The second-order valence-electron chi connectivity index (χ2n) is 4.13. The third-order valence-corrected chi connectivity index (χ3v) is 2.91. The van der Waals surface area contributed by atoms with Crippen molar-refractivity contribution in [1.29, 1.82) is 0 Å². The van der Waals surface area contributed by atoms with E-state index in [9.17, 15) is 0 Å². The number of thiophene rings is 1. The predicted molar refractivity (Wildman–Crippen MR) is 54.9 cm³/mol. The van der Waals surface area contributed by atoms with Crippen molar-refractivity contribution in [1.82, 2.24) is 4.98 Å². The molecule has 2 heteroatoms. The van der Waals surface area contributed by atoms with Gasteiger partial charge in [0.05, 0.1) is 10.2 Å². The molecule has 0 aliphatic rings. The zero-order valence-electron chi connectivity index (χ0n) is 7.64. The maximum Gasteiger partial charge on any atom is 0.0565 e. The number of H-pyrrole nitrogens is 1. The Hall–Kier alpha value is -0.760. The van der Waals surface area contributed by atoms with Gasteiger partial charge in [-0.05, 0) is 17.5 Å². The van der Waals surface area contributed by atoms with E-state index in [-0.39, 0.29) is 5.41 Å². The SMILES string of the molecule is CC(C)(C)c1cc2sccc2[nH]1. The third kappa shape index (κ3) is 1.16. The van der Waals surface area contributed by atoms with Gasteiger partial charge in [-0.2, -0.15) is 0 Å². The van der Waals surface area contributed by atoms with Gasteiger partial charge in [0, 0.05) is 11.1 Å². The van der Waals surface area contributed by atoms with Crippen LogP contribution in [0.2, 0.25) is 0 Å². The summed E-state index contributed by atoms with van der Waals surface area (Å²) >= 11 is 1.79. The number of hydrogen-bond acceptors (Lipinski definition) is 1. The Bertz CT molecular complexity index is 361. The van der Waals surface area contributed by atoms with Gasteiger partial charge < -0.3 is 4.98 Å². The zero-order valence-corrected chi connectivity index (χ0v) is 8.46. The highest BCUT2D eigenvalue weighted by molar-refractivity contribution is 7.17. The van der Waals surface area contributed by atoms with E-state index in [0.717, 1.165) is 0 Å². The number of aromatic nitrogens is 1. The molecule has 0 aromatic carbocycles. The van der Waals surface area contributed by atoms with Crippen LogP contribution in [-0.4, -0.2) is 4.98 Å². The average molecular weight is 179 g/mol. The van der Waals surface area contributed by atoms with Crippen LogP contribution in [0.5, 0.6) is 0 Å². The molecular formula is C10H13NS. The average Bonchev–Trinajstić information content (AvgIpc) is 2.37. The quantitative estimate of drug-likeness (QED) is 0.637. The lowest BCUT2D eigenvalue weighted by Gasteiger charge is -2.15. The molecular weight excluding hydrogens is 166 g/mol. The van der Waals surface area contributed by atoms with Crippen LogP contribution in [0.15, 0.2) is 17.5 Å². The van der Waals surface area contributed by atoms with Crippen molar-refractivity contribution in [2.75, 3.05) is 0 Å². The number of fused-ring (bicyclic) bond motifs is 1. The molecule has 0 amide bonds. The molecule has 0 aliphatic carbocycles. The van der Waals surface area contributed by atoms with E-state index in [0.29, 0.717) is 0 Å². The molecule has 0 saturated carbocycles. The van der Waals surface area contributed by atoms with Gasteiger partial charge in [0.1, 0.15) is 0 Å². The van der Waals surface area contributed by atoms with Crippen LogP contribution in [0.25, 0.3) is 10.2 Å². The van der Waals surface area contributed by atoms with E-state index in [1.54, 1.807) is 11.3 Å². The Kier molecular flexibility index (Phi) is 1.55. The largest absolute Gasteiger partial charge is 0.357 e. The maximum absolute atomic E-state index is 3.43. The van der Waals surface area contributed by atoms with Crippen LogP contribution in [0.4, 0.5) is 0 Å². The van der Waals surface area contributed by atoms with E-state index < -0.39 is 0 Å². The molecule has 0 bridgehead atoms. The molecule has 2 aromatic rings. The molecule has 12 heavy (non-hydrogen) atoms. The van der Waals surface area contributed by atoms with Gasteiger partial charge in [-0.25, -0.2) is 0 Å². The first kappa shape index (κ1) is 7.87. The van der Waals surface area contributed by atoms with E-state index in [4.69, 9.17) is 0 Å². The molecule has 0 spiro atoms. The summed E-state index contributed by atoms with van der Waals surface area (Å²) in [6, 6.07) is 4.38. The molecule has 0 saturated heterocycles. The molecule has 0 fully saturated rings. The minimum absolute atomic E-state index is 0.235. The number of hydrogen-bond donors (Lipinski definition) is 1. The normalized spacial score (nSPS) is 12.6. The molecule has 2 heterocycles. The van der Waals surface area contributed by atoms with Gasteiger partial charge in [-0.3, -0.25) is 0 Å². The lowest BCUT2D eigenvalue weighted by Crippen LogP contribution is -2.10. The van der Waals surface area contributed by atoms with Gasteiger partial charge in [0.15, 0.2) is 0 Å². The fraction of sp³-hybridized carbons (Fsp3) is 0.400. The van der Waals surface area contributed by atoms with E-state index in [2.05, 4.69) is 43.3 Å². The standard InChI is InChI=1S/C10H13NS/c1-10(2,3)9-6-8-7(11-9)4-5-12-8/h4-6,11H,1-3H3. The summed E-state index contributed by atoms with van der Waals surface area (Å²) in [6.45, 7) is 6.67. The highest BCUT2D eigenvalue weighted by Crippen LogP contribution is 2.28. The van der Waals surface area contributed by atoms with Crippen LogP contribution >= 0.6 is 11.3 Å². The zero-order chi connectivity index (χ0) is 8.77. The first-order valence-corrected chi connectivity index (χ1v) is 5.02. The van der Waals surface area contributed by atoms with E-state index in [1.807, 2.05) is 0 Å². The predicted octanol–water partition coefficient (Wildman–Crippen LogP) is 3.53. The Morgan fingerprint density at radius 1 is 1.33 bits per heavy atom. The monoisotopic (exact) mass is 179 g/mol. The first-order valence-electron chi connectivity index (χ1n) is 4.14. The summed E-state index contributed by atoms with van der Waals surface area (Å²) in [4.78, 5) is 3.43. The van der Waals surface area contributed by atoms with Crippen molar-refractivity contribution in [2.24, 2.45) is 0 Å². The molecule has 0 aliphatic heterocycles. The molecule has 1 N–H and O–H groups in total. The van der Waals surface area contributed by atoms with Gasteiger partial charge >= 0.3 is 0 Å². The summed E-state index contributed by atoms with van der Waals surface area (Å²) in [5.41, 5.74) is 2.83. The van der Waals surface area contributed by atoms with Gasteiger partial charge in [0.25, 0.3) is 0 Å². The molecule has 0 radical (unpaired) electrons. The highest BCUT2D eigenvalue weighted by atomic mass is 32.1. The van der Waals surface area contributed by atoms with Crippen LogP contribution in [0.1, 0.15) is 26.5 Å². The van der Waals surface area contributed by atoms with Crippen LogP contribution in [0, 0.1) is 0 Å². The molecule has 0 atom stereocenters. The Morgan fingerprint density at radius 2 is 2.08 bits per heavy atom. The number of nitrogens with one attached hydrogen (secondary N) is 1. The number of aromatic amines is 1. The number of rotatable bonds is 0.